The second-order valence-corrected chi connectivity index (χ2v) is 3.52. The van der Waals surface area contributed by atoms with Crippen molar-refractivity contribution >= 4 is 0 Å². The molecular weight excluding hydrogens is 226 g/mol. The first-order valence-corrected chi connectivity index (χ1v) is 5.38. The Balaban J connectivity index is 2.54. The standard InChI is InChI=1S/C12H14F2N2O/c1-2-5-16-10(7-15)8-17-12-6-9(13)3-4-11(12)14/h3-4,6,10,16H,2,5,8H2,1H3. The molecule has 0 bridgehead atoms. The number of halogens is 2. The van der Waals surface area contributed by atoms with E-state index in [0.717, 1.165) is 24.6 Å². The van der Waals surface area contributed by atoms with Crippen molar-refractivity contribution in [2.24, 2.45) is 0 Å². The quantitative estimate of drug-likeness (QED) is 0.829. The summed E-state index contributed by atoms with van der Waals surface area (Å²) < 4.78 is 31.1. The van der Waals surface area contributed by atoms with Gasteiger partial charge in [0.1, 0.15) is 18.5 Å². The van der Waals surface area contributed by atoms with Crippen LogP contribution >= 0.6 is 0 Å². The number of benzene rings is 1. The Hall–Kier alpha value is -1.67. The van der Waals surface area contributed by atoms with E-state index in [0.29, 0.717) is 6.54 Å². The molecule has 0 spiro atoms. The van der Waals surface area contributed by atoms with Gasteiger partial charge in [-0.15, -0.1) is 0 Å². The van der Waals surface area contributed by atoms with Crippen LogP contribution in [0.5, 0.6) is 5.75 Å². The summed E-state index contributed by atoms with van der Waals surface area (Å²) in [7, 11) is 0. The predicted octanol–water partition coefficient (Wildman–Crippen LogP) is 2.24. The summed E-state index contributed by atoms with van der Waals surface area (Å²) in [6.45, 7) is 2.62. The zero-order valence-corrected chi connectivity index (χ0v) is 9.54. The van der Waals surface area contributed by atoms with E-state index >= 15 is 0 Å². The van der Waals surface area contributed by atoms with Crippen molar-refractivity contribution in [3.05, 3.63) is 29.8 Å². The zero-order valence-electron chi connectivity index (χ0n) is 9.54. The summed E-state index contributed by atoms with van der Waals surface area (Å²) in [6.07, 6.45) is 0.881. The number of nitrogens with zero attached hydrogens (tertiary/aromatic N) is 1. The number of nitriles is 1. The van der Waals surface area contributed by atoms with Crippen molar-refractivity contribution in [2.45, 2.75) is 19.4 Å². The lowest BCUT2D eigenvalue weighted by molar-refractivity contribution is 0.275. The van der Waals surface area contributed by atoms with Crippen LogP contribution in [0.3, 0.4) is 0 Å². The van der Waals surface area contributed by atoms with Crippen LogP contribution in [0, 0.1) is 23.0 Å². The molecule has 0 aliphatic heterocycles. The van der Waals surface area contributed by atoms with Crippen LogP contribution in [0.2, 0.25) is 0 Å². The third-order valence-corrected chi connectivity index (χ3v) is 2.10. The van der Waals surface area contributed by atoms with Gasteiger partial charge < -0.3 is 4.74 Å². The van der Waals surface area contributed by atoms with E-state index < -0.39 is 17.7 Å². The maximum absolute atomic E-state index is 13.2. The van der Waals surface area contributed by atoms with E-state index in [-0.39, 0.29) is 12.4 Å². The highest BCUT2D eigenvalue weighted by Gasteiger charge is 2.10. The van der Waals surface area contributed by atoms with Crippen molar-refractivity contribution < 1.29 is 13.5 Å². The first-order valence-electron chi connectivity index (χ1n) is 5.38. The van der Waals surface area contributed by atoms with Crippen LogP contribution in [-0.4, -0.2) is 19.2 Å². The van der Waals surface area contributed by atoms with Crippen molar-refractivity contribution in [1.82, 2.24) is 5.32 Å². The van der Waals surface area contributed by atoms with E-state index in [1.807, 2.05) is 13.0 Å². The highest BCUT2D eigenvalue weighted by molar-refractivity contribution is 5.25. The topological polar surface area (TPSA) is 45.0 Å². The van der Waals surface area contributed by atoms with Crippen molar-refractivity contribution in [3.8, 4) is 11.8 Å². The average molecular weight is 240 g/mol. The first-order chi connectivity index (χ1) is 8.17. The summed E-state index contributed by atoms with van der Waals surface area (Å²) >= 11 is 0. The van der Waals surface area contributed by atoms with Crippen LogP contribution in [0.15, 0.2) is 18.2 Å². The molecule has 1 aromatic carbocycles. The number of nitrogens with one attached hydrogen (secondary N) is 1. The Kier molecular flexibility index (Phi) is 5.37. The van der Waals surface area contributed by atoms with E-state index in [4.69, 9.17) is 10.00 Å². The molecule has 3 nitrogen and oxygen atoms in total. The molecule has 0 aliphatic rings. The average Bonchev–Trinajstić information content (AvgIpc) is 2.33. The minimum Gasteiger partial charge on any atom is -0.488 e. The molecule has 0 fully saturated rings. The smallest absolute Gasteiger partial charge is 0.165 e. The van der Waals surface area contributed by atoms with Gasteiger partial charge in [-0.05, 0) is 25.1 Å². The molecule has 5 heteroatoms. The summed E-state index contributed by atoms with van der Waals surface area (Å²) in [6, 6.07) is 4.43. The zero-order chi connectivity index (χ0) is 12.7. The molecule has 1 aromatic rings. The SMILES string of the molecule is CCCNC(C#N)COc1cc(F)ccc1F. The Morgan fingerprint density at radius 1 is 1.47 bits per heavy atom. The molecule has 1 unspecified atom stereocenters. The third-order valence-electron chi connectivity index (χ3n) is 2.10. The molecule has 1 atom stereocenters. The molecule has 17 heavy (non-hydrogen) atoms. The summed E-state index contributed by atoms with van der Waals surface area (Å²) in [4.78, 5) is 0. The van der Waals surface area contributed by atoms with E-state index in [2.05, 4.69) is 5.32 Å². The van der Waals surface area contributed by atoms with Gasteiger partial charge in [-0.25, -0.2) is 8.78 Å². The largest absolute Gasteiger partial charge is 0.488 e. The minimum atomic E-state index is -0.640. The fourth-order valence-corrected chi connectivity index (χ4v) is 1.22. The second-order valence-electron chi connectivity index (χ2n) is 3.52. The number of ether oxygens (including phenoxy) is 1. The molecule has 0 heterocycles. The van der Waals surface area contributed by atoms with Gasteiger partial charge in [0, 0.05) is 6.07 Å². The Morgan fingerprint density at radius 3 is 2.88 bits per heavy atom. The summed E-state index contributed by atoms with van der Waals surface area (Å²) in [5.74, 6) is -1.39. The molecular formula is C12H14F2N2O. The highest BCUT2D eigenvalue weighted by atomic mass is 19.1. The third kappa shape index (κ3) is 4.37. The lowest BCUT2D eigenvalue weighted by Crippen LogP contribution is -2.33. The van der Waals surface area contributed by atoms with Gasteiger partial charge in [-0.3, -0.25) is 5.32 Å². The van der Waals surface area contributed by atoms with Crippen molar-refractivity contribution in [1.29, 1.82) is 5.26 Å². The molecule has 1 rings (SSSR count). The lowest BCUT2D eigenvalue weighted by atomic mass is 10.3. The minimum absolute atomic E-state index is 0.0170. The van der Waals surface area contributed by atoms with Crippen LogP contribution in [0.25, 0.3) is 0 Å². The normalized spacial score (nSPS) is 11.9. The molecule has 0 saturated heterocycles. The summed E-state index contributed by atoms with van der Waals surface area (Å²) in [5, 5.41) is 11.7. The van der Waals surface area contributed by atoms with Gasteiger partial charge >= 0.3 is 0 Å². The number of hydrogen-bond donors (Lipinski definition) is 1. The van der Waals surface area contributed by atoms with Gasteiger partial charge in [0.15, 0.2) is 11.6 Å². The second kappa shape index (κ2) is 6.81. The molecule has 0 radical (unpaired) electrons. The van der Waals surface area contributed by atoms with Crippen LogP contribution in [-0.2, 0) is 0 Å². The highest BCUT2D eigenvalue weighted by Crippen LogP contribution is 2.17. The van der Waals surface area contributed by atoms with Crippen LogP contribution < -0.4 is 10.1 Å². The van der Waals surface area contributed by atoms with Gasteiger partial charge in [0.05, 0.1) is 6.07 Å². The number of hydrogen-bond acceptors (Lipinski definition) is 3. The number of rotatable bonds is 6. The molecule has 0 saturated carbocycles. The van der Waals surface area contributed by atoms with Gasteiger partial charge in [-0.1, -0.05) is 6.92 Å². The van der Waals surface area contributed by atoms with Crippen molar-refractivity contribution in [3.63, 3.8) is 0 Å². The maximum atomic E-state index is 13.2. The monoisotopic (exact) mass is 240 g/mol. The molecule has 0 aliphatic carbocycles. The molecule has 0 amide bonds. The lowest BCUT2D eigenvalue weighted by Gasteiger charge is -2.12. The van der Waals surface area contributed by atoms with Gasteiger partial charge in [0.2, 0.25) is 0 Å². The van der Waals surface area contributed by atoms with Gasteiger partial charge in [0.25, 0.3) is 0 Å². The molecule has 92 valence electrons. The maximum Gasteiger partial charge on any atom is 0.165 e. The summed E-state index contributed by atoms with van der Waals surface area (Å²) in [5.41, 5.74) is 0. The Labute approximate surface area is 99.0 Å². The first kappa shape index (κ1) is 13.4. The molecule has 0 aromatic heterocycles. The van der Waals surface area contributed by atoms with E-state index in [9.17, 15) is 8.78 Å². The van der Waals surface area contributed by atoms with Crippen LogP contribution in [0.4, 0.5) is 8.78 Å². The molecule has 1 N–H and O–H groups in total. The fourth-order valence-electron chi connectivity index (χ4n) is 1.22. The van der Waals surface area contributed by atoms with Crippen LogP contribution in [0.1, 0.15) is 13.3 Å². The fraction of sp³-hybridized carbons (Fsp3) is 0.417. The van der Waals surface area contributed by atoms with Gasteiger partial charge in [-0.2, -0.15) is 5.26 Å². The Morgan fingerprint density at radius 2 is 2.24 bits per heavy atom. The predicted molar refractivity (Wildman–Crippen MR) is 59.5 cm³/mol. The van der Waals surface area contributed by atoms with E-state index in [1.165, 1.54) is 0 Å². The Bertz CT molecular complexity index is 404. The van der Waals surface area contributed by atoms with Crippen molar-refractivity contribution in [2.75, 3.05) is 13.2 Å². The van der Waals surface area contributed by atoms with E-state index in [1.54, 1.807) is 0 Å².